The molecule has 0 aromatic carbocycles. The maximum absolute atomic E-state index is 11.7. The minimum absolute atomic E-state index is 0.120. The van der Waals surface area contributed by atoms with Crippen LogP contribution in [0.2, 0.25) is 0 Å². The van der Waals surface area contributed by atoms with Gasteiger partial charge in [0, 0.05) is 25.2 Å². The molecular weight excluding hydrogens is 292 g/mol. The molecule has 0 aromatic heterocycles. The first-order valence-corrected chi connectivity index (χ1v) is 9.41. The summed E-state index contributed by atoms with van der Waals surface area (Å²) in [7, 11) is -2.83. The zero-order valence-electron chi connectivity index (χ0n) is 13.1. The molecular formula is C14H26N2O4S. The minimum Gasteiger partial charge on any atom is -0.444 e. The van der Waals surface area contributed by atoms with Gasteiger partial charge in [0.25, 0.3) is 0 Å². The van der Waals surface area contributed by atoms with Crippen molar-refractivity contribution in [2.45, 2.75) is 57.7 Å². The lowest BCUT2D eigenvalue weighted by Crippen LogP contribution is -2.49. The van der Waals surface area contributed by atoms with Crippen LogP contribution in [0.5, 0.6) is 0 Å². The Morgan fingerprint density at radius 1 is 1.19 bits per heavy atom. The topological polar surface area (TPSA) is 75.7 Å². The van der Waals surface area contributed by atoms with E-state index in [2.05, 4.69) is 10.2 Å². The van der Waals surface area contributed by atoms with Gasteiger partial charge in [-0.1, -0.05) is 0 Å². The molecule has 1 atom stereocenters. The average Bonchev–Trinajstić information content (AvgIpc) is 2.68. The second kappa shape index (κ2) is 6.12. The lowest BCUT2D eigenvalue weighted by Gasteiger charge is -2.35. The second-order valence-electron chi connectivity index (χ2n) is 7.01. The van der Waals surface area contributed by atoms with Crippen molar-refractivity contribution >= 4 is 15.9 Å². The van der Waals surface area contributed by atoms with Crippen molar-refractivity contribution in [2.75, 3.05) is 24.6 Å². The third-order valence-corrected chi connectivity index (χ3v) is 5.73. The summed E-state index contributed by atoms with van der Waals surface area (Å²) in [6, 6.07) is 0.284. The standard InChI is InChI=1S/C14H26N2O4S/c1-14(2,3)20-13(17)15-11-4-7-16(8-5-11)12-6-9-21(18,19)10-12/h11-12H,4-10H2,1-3H3,(H,15,17)/t12-/m0/s1. The molecule has 0 aromatic rings. The molecule has 0 aliphatic carbocycles. The van der Waals surface area contributed by atoms with Gasteiger partial charge in [-0.25, -0.2) is 13.2 Å². The molecule has 0 unspecified atom stereocenters. The van der Waals surface area contributed by atoms with Crippen LogP contribution in [-0.4, -0.2) is 61.7 Å². The summed E-state index contributed by atoms with van der Waals surface area (Å²) in [5, 5.41) is 2.90. The van der Waals surface area contributed by atoms with Gasteiger partial charge in [-0.2, -0.15) is 0 Å². The Morgan fingerprint density at radius 2 is 1.81 bits per heavy atom. The van der Waals surface area contributed by atoms with Crippen LogP contribution in [0.25, 0.3) is 0 Å². The highest BCUT2D eigenvalue weighted by Gasteiger charge is 2.34. The van der Waals surface area contributed by atoms with E-state index in [0.29, 0.717) is 5.75 Å². The van der Waals surface area contributed by atoms with Gasteiger partial charge in [0.05, 0.1) is 11.5 Å². The van der Waals surface area contributed by atoms with Gasteiger partial charge in [0.2, 0.25) is 0 Å². The molecule has 2 aliphatic rings. The van der Waals surface area contributed by atoms with Crippen molar-refractivity contribution in [3.63, 3.8) is 0 Å². The van der Waals surface area contributed by atoms with Crippen LogP contribution < -0.4 is 5.32 Å². The van der Waals surface area contributed by atoms with Crippen molar-refractivity contribution in [2.24, 2.45) is 0 Å². The van der Waals surface area contributed by atoms with Gasteiger partial charge < -0.3 is 10.1 Å². The van der Waals surface area contributed by atoms with Crippen molar-refractivity contribution < 1.29 is 17.9 Å². The highest BCUT2D eigenvalue weighted by atomic mass is 32.2. The van der Waals surface area contributed by atoms with E-state index >= 15 is 0 Å². The number of nitrogens with one attached hydrogen (secondary N) is 1. The van der Waals surface area contributed by atoms with Gasteiger partial charge in [0.1, 0.15) is 5.60 Å². The number of carbonyl (C=O) groups is 1. The average molecular weight is 318 g/mol. The molecule has 122 valence electrons. The van der Waals surface area contributed by atoms with E-state index in [1.165, 1.54) is 0 Å². The third-order valence-electron chi connectivity index (χ3n) is 3.98. The number of hydrogen-bond acceptors (Lipinski definition) is 5. The smallest absolute Gasteiger partial charge is 0.407 e. The van der Waals surface area contributed by atoms with Crippen LogP contribution in [0.1, 0.15) is 40.0 Å². The number of carbonyl (C=O) groups excluding carboxylic acids is 1. The monoisotopic (exact) mass is 318 g/mol. The molecule has 0 radical (unpaired) electrons. The van der Waals surface area contributed by atoms with Gasteiger partial charge in [-0.05, 0) is 40.0 Å². The van der Waals surface area contributed by atoms with Crippen LogP contribution in [0.4, 0.5) is 4.79 Å². The summed E-state index contributed by atoms with van der Waals surface area (Å²) < 4.78 is 28.3. The van der Waals surface area contributed by atoms with Gasteiger partial charge in [0.15, 0.2) is 9.84 Å². The SMILES string of the molecule is CC(C)(C)OC(=O)NC1CCN([C@H]2CCS(=O)(=O)C2)CC1. The molecule has 0 saturated carbocycles. The maximum atomic E-state index is 11.7. The van der Waals surface area contributed by atoms with Gasteiger partial charge in [-0.3, -0.25) is 4.90 Å². The van der Waals surface area contributed by atoms with Crippen molar-refractivity contribution in [3.05, 3.63) is 0 Å². The summed E-state index contributed by atoms with van der Waals surface area (Å²) in [6.07, 6.45) is 2.06. The fourth-order valence-corrected chi connectivity index (χ4v) is 4.71. The Hall–Kier alpha value is -0.820. The number of hydrogen-bond donors (Lipinski definition) is 1. The van der Waals surface area contributed by atoms with E-state index < -0.39 is 15.4 Å². The lowest BCUT2D eigenvalue weighted by molar-refractivity contribution is 0.0471. The van der Waals surface area contributed by atoms with E-state index in [-0.39, 0.29) is 23.9 Å². The third kappa shape index (κ3) is 5.14. The first-order valence-electron chi connectivity index (χ1n) is 7.59. The Morgan fingerprint density at radius 3 is 2.29 bits per heavy atom. The molecule has 2 heterocycles. The predicted molar refractivity (Wildman–Crippen MR) is 81.0 cm³/mol. The predicted octanol–water partition coefficient (Wildman–Crippen LogP) is 1.16. The van der Waals surface area contributed by atoms with Crippen LogP contribution in [0.3, 0.4) is 0 Å². The number of likely N-dealkylation sites (tertiary alicyclic amines) is 1. The number of amides is 1. The fraction of sp³-hybridized carbons (Fsp3) is 0.929. The number of piperidine rings is 1. The molecule has 1 amide bonds. The summed E-state index contributed by atoms with van der Waals surface area (Å²) >= 11 is 0. The molecule has 2 aliphatic heterocycles. The van der Waals surface area contributed by atoms with Crippen LogP contribution in [0, 0.1) is 0 Å². The first kappa shape index (κ1) is 16.5. The molecule has 2 saturated heterocycles. The number of rotatable bonds is 2. The second-order valence-corrected chi connectivity index (χ2v) is 9.24. The van der Waals surface area contributed by atoms with Crippen molar-refractivity contribution in [1.82, 2.24) is 10.2 Å². The first-order chi connectivity index (χ1) is 9.65. The molecule has 21 heavy (non-hydrogen) atoms. The molecule has 0 bridgehead atoms. The van der Waals surface area contributed by atoms with Gasteiger partial charge in [-0.15, -0.1) is 0 Å². The zero-order chi connectivity index (χ0) is 15.7. The van der Waals surface area contributed by atoms with Crippen LogP contribution >= 0.6 is 0 Å². The van der Waals surface area contributed by atoms with E-state index in [4.69, 9.17) is 4.74 Å². The Kier molecular flexibility index (Phi) is 4.82. The molecule has 0 spiro atoms. The normalized spacial score (nSPS) is 27.5. The van der Waals surface area contributed by atoms with Crippen molar-refractivity contribution in [3.8, 4) is 0 Å². The Bertz CT molecular complexity index is 476. The van der Waals surface area contributed by atoms with E-state index in [1.54, 1.807) is 0 Å². The highest BCUT2D eigenvalue weighted by molar-refractivity contribution is 7.91. The fourth-order valence-electron chi connectivity index (χ4n) is 2.95. The number of sulfone groups is 1. The summed E-state index contributed by atoms with van der Waals surface area (Å²) in [4.78, 5) is 14.0. The zero-order valence-corrected chi connectivity index (χ0v) is 13.9. The van der Waals surface area contributed by atoms with E-state index in [9.17, 15) is 13.2 Å². The maximum Gasteiger partial charge on any atom is 0.407 e. The molecule has 6 nitrogen and oxygen atoms in total. The summed E-state index contributed by atoms with van der Waals surface area (Å²) in [6.45, 7) is 7.20. The molecule has 2 fully saturated rings. The van der Waals surface area contributed by atoms with Gasteiger partial charge >= 0.3 is 6.09 Å². The van der Waals surface area contributed by atoms with Crippen LogP contribution in [0.15, 0.2) is 0 Å². The minimum atomic E-state index is -2.83. The van der Waals surface area contributed by atoms with Crippen LogP contribution in [-0.2, 0) is 14.6 Å². The molecule has 1 N–H and O–H groups in total. The quantitative estimate of drug-likeness (QED) is 0.827. The highest BCUT2D eigenvalue weighted by Crippen LogP contribution is 2.22. The molecule has 7 heteroatoms. The summed E-state index contributed by atoms with van der Waals surface area (Å²) in [5.74, 6) is 0.602. The van der Waals surface area contributed by atoms with E-state index in [1.807, 2.05) is 20.8 Å². The van der Waals surface area contributed by atoms with E-state index in [0.717, 1.165) is 32.4 Å². The molecule has 2 rings (SSSR count). The number of alkyl carbamates (subject to hydrolysis) is 1. The Labute approximate surface area is 127 Å². The number of ether oxygens (including phenoxy) is 1. The lowest BCUT2D eigenvalue weighted by atomic mass is 10.0. The Balaban J connectivity index is 1.75. The largest absolute Gasteiger partial charge is 0.444 e. The number of nitrogens with zero attached hydrogens (tertiary/aromatic N) is 1. The summed E-state index contributed by atoms with van der Waals surface area (Å²) in [5.41, 5.74) is -0.483. The van der Waals surface area contributed by atoms with Crippen molar-refractivity contribution in [1.29, 1.82) is 0 Å².